The normalized spacial score (nSPS) is 23.9. The van der Waals surface area contributed by atoms with E-state index < -0.39 is 0 Å². The summed E-state index contributed by atoms with van der Waals surface area (Å²) in [6.07, 6.45) is 4.41. The summed E-state index contributed by atoms with van der Waals surface area (Å²) >= 11 is 0. The van der Waals surface area contributed by atoms with Crippen LogP contribution in [0.2, 0.25) is 0 Å². The average Bonchev–Trinajstić information content (AvgIpc) is 2.95. The zero-order valence-electron chi connectivity index (χ0n) is 10.4. The molecule has 1 saturated heterocycles. The number of rotatable bonds is 4. The number of carbonyl (C=O) groups is 1. The van der Waals surface area contributed by atoms with Crippen LogP contribution in [0.15, 0.2) is 6.33 Å². The highest BCUT2D eigenvalue weighted by molar-refractivity contribution is 5.86. The summed E-state index contributed by atoms with van der Waals surface area (Å²) in [4.78, 5) is 16.2. The van der Waals surface area contributed by atoms with Crippen LogP contribution >= 0.6 is 0 Å². The van der Waals surface area contributed by atoms with Gasteiger partial charge in [-0.1, -0.05) is 6.92 Å². The Balaban J connectivity index is 1.92. The molecule has 1 atom stereocenters. The molecule has 2 heterocycles. The van der Waals surface area contributed by atoms with E-state index in [1.54, 1.807) is 11.0 Å². The molecule has 1 aliphatic heterocycles. The van der Waals surface area contributed by atoms with E-state index in [4.69, 9.17) is 0 Å². The molecule has 2 N–H and O–H groups in total. The van der Waals surface area contributed by atoms with Crippen LogP contribution < -0.4 is 10.6 Å². The van der Waals surface area contributed by atoms with Crippen LogP contribution in [-0.2, 0) is 18.4 Å². The van der Waals surface area contributed by atoms with E-state index in [1.165, 1.54) is 0 Å². The molecule has 6 nitrogen and oxygen atoms in total. The molecule has 1 aromatic rings. The number of aromatic nitrogens is 3. The molecule has 1 aliphatic rings. The molecule has 6 heteroatoms. The molecular weight excluding hydrogens is 218 g/mol. The lowest BCUT2D eigenvalue weighted by Crippen LogP contribution is -2.52. The van der Waals surface area contributed by atoms with Gasteiger partial charge in [0, 0.05) is 7.05 Å². The Morgan fingerprint density at radius 2 is 2.53 bits per heavy atom. The van der Waals surface area contributed by atoms with Crippen molar-refractivity contribution in [1.82, 2.24) is 25.4 Å². The number of hydrogen-bond acceptors (Lipinski definition) is 4. The number of nitrogens with zero attached hydrogens (tertiary/aromatic N) is 3. The van der Waals surface area contributed by atoms with E-state index >= 15 is 0 Å². The topological polar surface area (TPSA) is 71.8 Å². The van der Waals surface area contributed by atoms with E-state index in [0.29, 0.717) is 12.4 Å². The summed E-state index contributed by atoms with van der Waals surface area (Å²) in [5.41, 5.74) is -0.380. The molecule has 0 bridgehead atoms. The van der Waals surface area contributed by atoms with Crippen molar-refractivity contribution >= 4 is 5.91 Å². The largest absolute Gasteiger partial charge is 0.347 e. The van der Waals surface area contributed by atoms with Crippen LogP contribution in [0.5, 0.6) is 0 Å². The Labute approximate surface area is 101 Å². The predicted octanol–water partition coefficient (Wildman–Crippen LogP) is -0.0365. The minimum absolute atomic E-state index is 0.0601. The Morgan fingerprint density at radius 3 is 3.06 bits per heavy atom. The Kier molecular flexibility index (Phi) is 3.42. The zero-order chi connectivity index (χ0) is 12.3. The van der Waals surface area contributed by atoms with Crippen molar-refractivity contribution in [2.75, 3.05) is 6.54 Å². The molecule has 1 aromatic heterocycles. The lowest BCUT2D eigenvalue weighted by atomic mass is 9.93. The molecule has 17 heavy (non-hydrogen) atoms. The SMILES string of the molecule is CCC1(C(=O)NCc2ncn(C)n2)CCCN1. The van der Waals surface area contributed by atoms with Gasteiger partial charge in [-0.25, -0.2) is 4.98 Å². The number of hydrogen-bond donors (Lipinski definition) is 2. The van der Waals surface area contributed by atoms with Gasteiger partial charge in [0.2, 0.25) is 5.91 Å². The van der Waals surface area contributed by atoms with Crippen LogP contribution in [0.1, 0.15) is 32.0 Å². The number of carbonyl (C=O) groups excluding carboxylic acids is 1. The van der Waals surface area contributed by atoms with E-state index in [0.717, 1.165) is 25.8 Å². The lowest BCUT2D eigenvalue weighted by molar-refractivity contribution is -0.127. The Bertz CT molecular complexity index is 394. The average molecular weight is 237 g/mol. The minimum atomic E-state index is -0.380. The van der Waals surface area contributed by atoms with Gasteiger partial charge in [-0.15, -0.1) is 0 Å². The van der Waals surface area contributed by atoms with Gasteiger partial charge in [0.05, 0.1) is 12.1 Å². The van der Waals surface area contributed by atoms with Crippen molar-refractivity contribution in [3.05, 3.63) is 12.2 Å². The summed E-state index contributed by atoms with van der Waals surface area (Å²) in [5, 5.41) is 10.3. The van der Waals surface area contributed by atoms with Gasteiger partial charge in [-0.05, 0) is 25.8 Å². The summed E-state index contributed by atoms with van der Waals surface area (Å²) in [7, 11) is 1.81. The molecule has 1 fully saturated rings. The summed E-state index contributed by atoms with van der Waals surface area (Å²) in [6.45, 7) is 3.35. The number of nitrogens with one attached hydrogen (secondary N) is 2. The molecule has 1 unspecified atom stereocenters. The van der Waals surface area contributed by atoms with E-state index in [2.05, 4.69) is 20.7 Å². The van der Waals surface area contributed by atoms with Crippen LogP contribution in [0.4, 0.5) is 0 Å². The fraction of sp³-hybridized carbons (Fsp3) is 0.727. The van der Waals surface area contributed by atoms with Gasteiger partial charge < -0.3 is 10.6 Å². The summed E-state index contributed by atoms with van der Waals surface area (Å²) < 4.78 is 1.63. The van der Waals surface area contributed by atoms with Gasteiger partial charge in [0.1, 0.15) is 6.33 Å². The molecule has 2 rings (SSSR count). The van der Waals surface area contributed by atoms with Crippen molar-refractivity contribution in [3.63, 3.8) is 0 Å². The molecule has 94 valence electrons. The van der Waals surface area contributed by atoms with Gasteiger partial charge in [0.15, 0.2) is 5.82 Å². The maximum Gasteiger partial charge on any atom is 0.240 e. The van der Waals surface area contributed by atoms with E-state index in [-0.39, 0.29) is 11.4 Å². The van der Waals surface area contributed by atoms with Crippen LogP contribution in [-0.4, -0.2) is 32.8 Å². The quantitative estimate of drug-likeness (QED) is 0.771. The third kappa shape index (κ3) is 2.46. The molecule has 0 saturated carbocycles. The maximum atomic E-state index is 12.1. The van der Waals surface area contributed by atoms with Gasteiger partial charge in [-0.2, -0.15) is 5.10 Å². The van der Waals surface area contributed by atoms with Crippen molar-refractivity contribution < 1.29 is 4.79 Å². The van der Waals surface area contributed by atoms with Crippen molar-refractivity contribution in [3.8, 4) is 0 Å². The summed E-state index contributed by atoms with van der Waals surface area (Å²) in [5.74, 6) is 0.704. The fourth-order valence-electron chi connectivity index (χ4n) is 2.26. The van der Waals surface area contributed by atoms with Crippen molar-refractivity contribution in [1.29, 1.82) is 0 Å². The highest BCUT2D eigenvalue weighted by atomic mass is 16.2. The van der Waals surface area contributed by atoms with Crippen LogP contribution in [0, 0.1) is 0 Å². The van der Waals surface area contributed by atoms with Crippen molar-refractivity contribution in [2.45, 2.75) is 38.3 Å². The summed E-state index contributed by atoms with van der Waals surface area (Å²) in [6, 6.07) is 0. The van der Waals surface area contributed by atoms with E-state index in [9.17, 15) is 4.79 Å². The monoisotopic (exact) mass is 237 g/mol. The van der Waals surface area contributed by atoms with Crippen molar-refractivity contribution in [2.24, 2.45) is 7.05 Å². The molecule has 0 radical (unpaired) electrons. The first kappa shape index (κ1) is 12.0. The number of amides is 1. The number of aryl methyl sites for hydroxylation is 1. The highest BCUT2D eigenvalue weighted by Crippen LogP contribution is 2.22. The first-order valence-corrected chi connectivity index (χ1v) is 6.04. The fourth-order valence-corrected chi connectivity index (χ4v) is 2.26. The standard InChI is InChI=1S/C11H19N5O/c1-3-11(5-4-6-14-11)10(17)12-7-9-13-8-16(2)15-9/h8,14H,3-7H2,1-2H3,(H,12,17). The second kappa shape index (κ2) is 4.83. The third-order valence-electron chi connectivity index (χ3n) is 3.34. The van der Waals surface area contributed by atoms with E-state index in [1.807, 2.05) is 14.0 Å². The molecule has 1 amide bonds. The van der Waals surface area contributed by atoms with Gasteiger partial charge in [-0.3, -0.25) is 9.48 Å². The van der Waals surface area contributed by atoms with Crippen LogP contribution in [0.25, 0.3) is 0 Å². The second-order valence-corrected chi connectivity index (χ2v) is 4.48. The van der Waals surface area contributed by atoms with Gasteiger partial charge >= 0.3 is 0 Å². The molecule has 0 spiro atoms. The molecule has 0 aromatic carbocycles. The Hall–Kier alpha value is -1.43. The first-order valence-electron chi connectivity index (χ1n) is 6.04. The highest BCUT2D eigenvalue weighted by Gasteiger charge is 2.38. The predicted molar refractivity (Wildman–Crippen MR) is 63.1 cm³/mol. The first-order chi connectivity index (χ1) is 8.16. The van der Waals surface area contributed by atoms with Gasteiger partial charge in [0.25, 0.3) is 0 Å². The smallest absolute Gasteiger partial charge is 0.240 e. The Morgan fingerprint density at radius 1 is 1.71 bits per heavy atom. The molecular formula is C11H19N5O. The molecule has 0 aliphatic carbocycles. The van der Waals surface area contributed by atoms with Crippen LogP contribution in [0.3, 0.4) is 0 Å². The third-order valence-corrected chi connectivity index (χ3v) is 3.34. The lowest BCUT2D eigenvalue weighted by Gasteiger charge is -2.26. The maximum absolute atomic E-state index is 12.1. The minimum Gasteiger partial charge on any atom is -0.347 e. The second-order valence-electron chi connectivity index (χ2n) is 4.48. The zero-order valence-corrected chi connectivity index (χ0v) is 10.4.